The number of hydrogen-bond donors (Lipinski definition) is 1. The molecular formula is C12H19N3O2. The van der Waals surface area contributed by atoms with Crippen molar-refractivity contribution in [1.29, 1.82) is 0 Å². The van der Waals surface area contributed by atoms with Gasteiger partial charge in [-0.25, -0.2) is 4.98 Å². The number of amides is 1. The molecule has 1 N–H and O–H groups in total. The normalized spacial score (nSPS) is 24.2. The number of carbonyl (C=O) groups excluding carboxylic acids is 1. The van der Waals surface area contributed by atoms with E-state index < -0.39 is 0 Å². The van der Waals surface area contributed by atoms with Crippen molar-refractivity contribution in [1.82, 2.24) is 14.5 Å². The van der Waals surface area contributed by atoms with Crippen molar-refractivity contribution in [3.05, 3.63) is 18.7 Å². The number of aliphatic hydroxyl groups excluding tert-OH is 1. The first-order valence-corrected chi connectivity index (χ1v) is 6.12. The molecule has 0 aromatic carbocycles. The van der Waals surface area contributed by atoms with Crippen LogP contribution in [0.15, 0.2) is 18.7 Å². The molecule has 5 heteroatoms. The summed E-state index contributed by atoms with van der Waals surface area (Å²) in [6, 6.07) is 0. The maximum atomic E-state index is 11.9. The van der Waals surface area contributed by atoms with Crippen molar-refractivity contribution in [2.24, 2.45) is 5.92 Å². The molecule has 1 aliphatic rings. The molecule has 0 spiro atoms. The quantitative estimate of drug-likeness (QED) is 0.829. The number of hydrogen-bond acceptors (Lipinski definition) is 3. The van der Waals surface area contributed by atoms with Gasteiger partial charge in [0.25, 0.3) is 0 Å². The summed E-state index contributed by atoms with van der Waals surface area (Å²) in [4.78, 5) is 17.6. The molecule has 1 aromatic rings. The van der Waals surface area contributed by atoms with E-state index in [9.17, 15) is 9.90 Å². The van der Waals surface area contributed by atoms with E-state index in [1.54, 1.807) is 17.4 Å². The van der Waals surface area contributed by atoms with Gasteiger partial charge in [0.05, 0.1) is 12.4 Å². The van der Waals surface area contributed by atoms with Gasteiger partial charge < -0.3 is 14.6 Å². The molecule has 1 saturated heterocycles. The van der Waals surface area contributed by atoms with Crippen molar-refractivity contribution in [3.8, 4) is 0 Å². The molecule has 2 unspecified atom stereocenters. The third-order valence-electron chi connectivity index (χ3n) is 3.43. The van der Waals surface area contributed by atoms with E-state index in [0.717, 1.165) is 6.42 Å². The summed E-state index contributed by atoms with van der Waals surface area (Å²) >= 11 is 0. The van der Waals surface area contributed by atoms with Crippen LogP contribution in [0.4, 0.5) is 0 Å². The minimum Gasteiger partial charge on any atom is -0.391 e. The Kier molecular flexibility index (Phi) is 3.78. The standard InChI is InChI=1S/C12H19N3O2/c1-2-10-7-15(8-11(10)16)12(17)3-5-14-6-4-13-9-14/h4,6,9-11,16H,2-3,5,7-8H2,1H3. The fourth-order valence-corrected chi connectivity index (χ4v) is 2.26. The Bertz CT molecular complexity index is 364. The average molecular weight is 237 g/mol. The molecule has 1 amide bonds. The summed E-state index contributed by atoms with van der Waals surface area (Å²) in [5, 5.41) is 9.75. The molecule has 2 rings (SSSR count). The minimum absolute atomic E-state index is 0.119. The van der Waals surface area contributed by atoms with Gasteiger partial charge in [-0.05, 0) is 6.42 Å². The van der Waals surface area contributed by atoms with Crippen molar-refractivity contribution in [3.63, 3.8) is 0 Å². The molecule has 0 saturated carbocycles. The van der Waals surface area contributed by atoms with Gasteiger partial charge in [-0.2, -0.15) is 0 Å². The number of aryl methyl sites for hydroxylation is 1. The average Bonchev–Trinajstić information content (AvgIpc) is 2.94. The summed E-state index contributed by atoms with van der Waals surface area (Å²) in [5.41, 5.74) is 0. The zero-order valence-electron chi connectivity index (χ0n) is 10.1. The Morgan fingerprint density at radius 1 is 1.53 bits per heavy atom. The number of nitrogens with zero attached hydrogens (tertiary/aromatic N) is 3. The van der Waals surface area contributed by atoms with E-state index in [1.807, 2.05) is 17.7 Å². The van der Waals surface area contributed by atoms with E-state index in [2.05, 4.69) is 4.98 Å². The van der Waals surface area contributed by atoms with Gasteiger partial charge in [0, 0.05) is 44.4 Å². The lowest BCUT2D eigenvalue weighted by Gasteiger charge is -2.15. The molecule has 2 atom stereocenters. The lowest BCUT2D eigenvalue weighted by atomic mass is 10.0. The molecule has 1 aromatic heterocycles. The lowest BCUT2D eigenvalue weighted by Crippen LogP contribution is -2.30. The van der Waals surface area contributed by atoms with Crippen LogP contribution >= 0.6 is 0 Å². The van der Waals surface area contributed by atoms with Crippen LogP contribution in [0.2, 0.25) is 0 Å². The number of aromatic nitrogens is 2. The lowest BCUT2D eigenvalue weighted by molar-refractivity contribution is -0.130. The van der Waals surface area contributed by atoms with Crippen LogP contribution in [0.5, 0.6) is 0 Å². The van der Waals surface area contributed by atoms with Crippen LogP contribution in [0.25, 0.3) is 0 Å². The van der Waals surface area contributed by atoms with Gasteiger partial charge in [-0.1, -0.05) is 6.92 Å². The van der Waals surface area contributed by atoms with Crippen LogP contribution in [-0.2, 0) is 11.3 Å². The summed E-state index contributed by atoms with van der Waals surface area (Å²) in [7, 11) is 0. The smallest absolute Gasteiger partial charge is 0.224 e. The maximum Gasteiger partial charge on any atom is 0.224 e. The van der Waals surface area contributed by atoms with Crippen LogP contribution in [0, 0.1) is 5.92 Å². The maximum absolute atomic E-state index is 11.9. The SMILES string of the molecule is CCC1CN(C(=O)CCn2ccnc2)CC1O. The largest absolute Gasteiger partial charge is 0.391 e. The summed E-state index contributed by atoms with van der Waals surface area (Å²) in [5.74, 6) is 0.362. The zero-order chi connectivity index (χ0) is 12.3. The highest BCUT2D eigenvalue weighted by Crippen LogP contribution is 2.20. The number of rotatable bonds is 4. The first-order chi connectivity index (χ1) is 8.20. The van der Waals surface area contributed by atoms with E-state index >= 15 is 0 Å². The Balaban J connectivity index is 1.81. The molecular weight excluding hydrogens is 218 g/mol. The van der Waals surface area contributed by atoms with E-state index in [0.29, 0.717) is 26.1 Å². The Morgan fingerprint density at radius 2 is 2.35 bits per heavy atom. The van der Waals surface area contributed by atoms with Gasteiger partial charge in [0.2, 0.25) is 5.91 Å². The van der Waals surface area contributed by atoms with Crippen molar-refractivity contribution >= 4 is 5.91 Å². The Morgan fingerprint density at radius 3 is 2.94 bits per heavy atom. The van der Waals surface area contributed by atoms with E-state index in [1.165, 1.54) is 0 Å². The predicted octanol–water partition coefficient (Wildman–Crippen LogP) is 0.502. The monoisotopic (exact) mass is 237 g/mol. The first kappa shape index (κ1) is 12.1. The summed E-state index contributed by atoms with van der Waals surface area (Å²) in [6.45, 7) is 3.89. The number of aliphatic hydroxyl groups is 1. The number of likely N-dealkylation sites (tertiary alicyclic amines) is 1. The third kappa shape index (κ3) is 2.85. The van der Waals surface area contributed by atoms with E-state index in [-0.39, 0.29) is 17.9 Å². The third-order valence-corrected chi connectivity index (χ3v) is 3.43. The molecule has 0 radical (unpaired) electrons. The van der Waals surface area contributed by atoms with Crippen LogP contribution in [0.1, 0.15) is 19.8 Å². The number of β-amino-alcohol motifs (C(OH)–C–C–N with tert-alkyl or cyclic N) is 1. The van der Waals surface area contributed by atoms with Crippen LogP contribution < -0.4 is 0 Å². The molecule has 0 bridgehead atoms. The van der Waals surface area contributed by atoms with Gasteiger partial charge in [0.15, 0.2) is 0 Å². The fourth-order valence-electron chi connectivity index (χ4n) is 2.26. The number of carbonyl (C=O) groups is 1. The van der Waals surface area contributed by atoms with E-state index in [4.69, 9.17) is 0 Å². The minimum atomic E-state index is -0.350. The molecule has 1 aliphatic heterocycles. The van der Waals surface area contributed by atoms with Gasteiger partial charge >= 0.3 is 0 Å². The van der Waals surface area contributed by atoms with Crippen LogP contribution in [0.3, 0.4) is 0 Å². The summed E-state index contributed by atoms with van der Waals surface area (Å²) in [6.07, 6.45) is 6.31. The predicted molar refractivity (Wildman–Crippen MR) is 63.2 cm³/mol. The molecule has 5 nitrogen and oxygen atoms in total. The summed E-state index contributed by atoms with van der Waals surface area (Å²) < 4.78 is 1.89. The topological polar surface area (TPSA) is 58.4 Å². The Hall–Kier alpha value is -1.36. The highest BCUT2D eigenvalue weighted by molar-refractivity contribution is 5.76. The fraction of sp³-hybridized carbons (Fsp3) is 0.667. The number of imidazole rings is 1. The molecule has 0 aliphatic carbocycles. The highest BCUT2D eigenvalue weighted by atomic mass is 16.3. The molecule has 94 valence electrons. The first-order valence-electron chi connectivity index (χ1n) is 6.12. The van der Waals surface area contributed by atoms with Crippen molar-refractivity contribution in [2.75, 3.05) is 13.1 Å². The molecule has 17 heavy (non-hydrogen) atoms. The van der Waals surface area contributed by atoms with Gasteiger partial charge in [-0.15, -0.1) is 0 Å². The second kappa shape index (κ2) is 5.31. The van der Waals surface area contributed by atoms with Crippen molar-refractivity contribution < 1.29 is 9.90 Å². The second-order valence-corrected chi connectivity index (χ2v) is 4.58. The van der Waals surface area contributed by atoms with Crippen LogP contribution in [-0.4, -0.2) is 44.7 Å². The molecule has 2 heterocycles. The zero-order valence-corrected chi connectivity index (χ0v) is 10.1. The second-order valence-electron chi connectivity index (χ2n) is 4.58. The Labute approximate surface area is 101 Å². The highest BCUT2D eigenvalue weighted by Gasteiger charge is 2.32. The van der Waals surface area contributed by atoms with Gasteiger partial charge in [-0.3, -0.25) is 4.79 Å². The molecule has 1 fully saturated rings. The van der Waals surface area contributed by atoms with Crippen molar-refractivity contribution in [2.45, 2.75) is 32.4 Å². The van der Waals surface area contributed by atoms with Gasteiger partial charge in [0.1, 0.15) is 0 Å².